The first kappa shape index (κ1) is 13.0. The largest absolute Gasteiger partial charge is 0.355 e. The van der Waals surface area contributed by atoms with Crippen molar-refractivity contribution in [2.24, 2.45) is 5.41 Å². The molecule has 0 saturated carbocycles. The number of aryl methyl sites for hydroxylation is 1. The first-order valence-electron chi connectivity index (χ1n) is 7.80. The fourth-order valence-electron chi connectivity index (χ4n) is 3.91. The van der Waals surface area contributed by atoms with E-state index in [-0.39, 0.29) is 0 Å². The maximum atomic E-state index is 5.28. The van der Waals surface area contributed by atoms with Gasteiger partial charge in [0.05, 0.1) is 5.69 Å². The highest BCUT2D eigenvalue weighted by molar-refractivity contribution is 5.87. The summed E-state index contributed by atoms with van der Waals surface area (Å²) < 4.78 is 5.28. The third-order valence-corrected chi connectivity index (χ3v) is 4.94. The number of piperidine rings is 2. The zero-order valence-corrected chi connectivity index (χ0v) is 12.4. The maximum absolute atomic E-state index is 5.28. The number of hydrogen-bond acceptors (Lipinski definition) is 6. The van der Waals surface area contributed by atoms with Crippen LogP contribution in [0.15, 0.2) is 10.9 Å². The van der Waals surface area contributed by atoms with Crippen molar-refractivity contribution in [3.63, 3.8) is 0 Å². The summed E-state index contributed by atoms with van der Waals surface area (Å²) in [5.74, 6) is 0.989. The highest BCUT2D eigenvalue weighted by atomic mass is 16.5. The van der Waals surface area contributed by atoms with Crippen LogP contribution in [-0.4, -0.2) is 41.3 Å². The van der Waals surface area contributed by atoms with Crippen LogP contribution in [0.2, 0.25) is 0 Å². The Balaban J connectivity index is 1.70. The van der Waals surface area contributed by atoms with Crippen LogP contribution in [0.3, 0.4) is 0 Å². The Morgan fingerprint density at radius 2 is 2.19 bits per heavy atom. The molecule has 2 aromatic rings. The number of rotatable bonds is 1. The van der Waals surface area contributed by atoms with Crippen molar-refractivity contribution in [1.29, 1.82) is 0 Å². The Morgan fingerprint density at radius 1 is 1.29 bits per heavy atom. The first-order valence-corrected chi connectivity index (χ1v) is 7.80. The minimum atomic E-state index is 0.402. The highest BCUT2D eigenvalue weighted by Gasteiger charge is 2.37. The Kier molecular flexibility index (Phi) is 3.06. The molecule has 2 aliphatic rings. The van der Waals surface area contributed by atoms with E-state index in [2.05, 4.69) is 25.3 Å². The van der Waals surface area contributed by atoms with Crippen LogP contribution in [0.5, 0.6) is 0 Å². The molecule has 1 atom stereocenters. The molecule has 21 heavy (non-hydrogen) atoms. The van der Waals surface area contributed by atoms with Gasteiger partial charge in [0.15, 0.2) is 0 Å². The smallest absolute Gasteiger partial charge is 0.263 e. The average Bonchev–Trinajstić information content (AvgIpc) is 2.90. The molecule has 0 aliphatic carbocycles. The Bertz CT molecular complexity index is 641. The lowest BCUT2D eigenvalue weighted by Crippen LogP contribution is -2.51. The van der Waals surface area contributed by atoms with Gasteiger partial charge < -0.3 is 14.7 Å². The van der Waals surface area contributed by atoms with Gasteiger partial charge in [-0.1, -0.05) is 5.16 Å². The van der Waals surface area contributed by atoms with E-state index in [0.717, 1.165) is 43.1 Å². The van der Waals surface area contributed by atoms with E-state index in [0.29, 0.717) is 11.1 Å². The molecular weight excluding hydrogens is 266 g/mol. The molecule has 112 valence electrons. The summed E-state index contributed by atoms with van der Waals surface area (Å²) >= 11 is 0. The van der Waals surface area contributed by atoms with Gasteiger partial charge >= 0.3 is 0 Å². The van der Waals surface area contributed by atoms with Crippen molar-refractivity contribution >= 4 is 16.9 Å². The molecule has 4 heterocycles. The fourth-order valence-corrected chi connectivity index (χ4v) is 3.91. The second kappa shape index (κ2) is 4.94. The van der Waals surface area contributed by atoms with Gasteiger partial charge in [0.25, 0.3) is 5.71 Å². The van der Waals surface area contributed by atoms with Crippen molar-refractivity contribution < 1.29 is 4.52 Å². The van der Waals surface area contributed by atoms with Crippen LogP contribution in [-0.2, 0) is 0 Å². The normalized spacial score (nSPS) is 26.6. The summed E-state index contributed by atoms with van der Waals surface area (Å²) in [6.45, 7) is 6.36. The molecule has 2 saturated heterocycles. The molecule has 0 amide bonds. The van der Waals surface area contributed by atoms with Crippen LogP contribution in [0.25, 0.3) is 11.1 Å². The van der Waals surface area contributed by atoms with Crippen LogP contribution in [0.1, 0.15) is 31.4 Å². The number of fused-ring (bicyclic) bond motifs is 1. The minimum Gasteiger partial charge on any atom is -0.355 e. The van der Waals surface area contributed by atoms with Crippen LogP contribution in [0.4, 0.5) is 5.82 Å². The summed E-state index contributed by atoms with van der Waals surface area (Å²) in [5.41, 5.74) is 1.87. The number of hydrogen-bond donors (Lipinski definition) is 1. The van der Waals surface area contributed by atoms with Gasteiger partial charge in [-0.25, -0.2) is 4.98 Å². The van der Waals surface area contributed by atoms with Gasteiger partial charge in [-0.05, 0) is 39.2 Å². The van der Waals surface area contributed by atoms with Gasteiger partial charge in [0.1, 0.15) is 17.5 Å². The summed E-state index contributed by atoms with van der Waals surface area (Å²) in [7, 11) is 0. The Hall–Kier alpha value is -1.69. The molecule has 1 unspecified atom stereocenters. The van der Waals surface area contributed by atoms with E-state index in [1.807, 2.05) is 6.92 Å². The standard InChI is InChI=1S/C15H21N5O/c1-11-12-13(17-10-18-14(12)21-19-11)20-7-3-5-15(9-20)4-2-6-16-8-15/h10,16H,2-9H2,1H3. The van der Waals surface area contributed by atoms with Gasteiger partial charge in [-0.3, -0.25) is 0 Å². The lowest BCUT2D eigenvalue weighted by molar-refractivity contribution is 0.173. The number of anilines is 1. The SMILES string of the molecule is Cc1noc2ncnc(N3CCCC4(CCCNC4)C3)c12. The molecule has 2 aliphatic heterocycles. The predicted octanol–water partition coefficient (Wildman–Crippen LogP) is 1.90. The maximum Gasteiger partial charge on any atom is 0.263 e. The topological polar surface area (TPSA) is 67.1 Å². The summed E-state index contributed by atoms with van der Waals surface area (Å²) in [6, 6.07) is 0. The zero-order valence-electron chi connectivity index (χ0n) is 12.4. The van der Waals surface area contributed by atoms with E-state index >= 15 is 0 Å². The number of aromatic nitrogens is 3. The van der Waals surface area contributed by atoms with Crippen molar-refractivity contribution in [3.8, 4) is 0 Å². The van der Waals surface area contributed by atoms with Crippen LogP contribution in [0, 0.1) is 12.3 Å². The summed E-state index contributed by atoms with van der Waals surface area (Å²) in [4.78, 5) is 11.1. The molecule has 4 rings (SSSR count). The van der Waals surface area contributed by atoms with Gasteiger partial charge in [0.2, 0.25) is 0 Å². The first-order chi connectivity index (χ1) is 10.3. The van der Waals surface area contributed by atoms with Crippen LogP contribution < -0.4 is 10.2 Å². The second-order valence-electron chi connectivity index (χ2n) is 6.45. The summed E-state index contributed by atoms with van der Waals surface area (Å²) in [6.07, 6.45) is 6.71. The van der Waals surface area contributed by atoms with E-state index < -0.39 is 0 Å². The molecule has 2 fully saturated rings. The van der Waals surface area contributed by atoms with Crippen molar-refractivity contribution in [2.45, 2.75) is 32.6 Å². The van der Waals surface area contributed by atoms with E-state index in [1.54, 1.807) is 6.33 Å². The van der Waals surface area contributed by atoms with Crippen molar-refractivity contribution in [1.82, 2.24) is 20.4 Å². The lowest BCUT2D eigenvalue weighted by atomic mass is 9.74. The zero-order chi connectivity index (χ0) is 14.3. The summed E-state index contributed by atoms with van der Waals surface area (Å²) in [5, 5.41) is 8.58. The number of nitrogens with one attached hydrogen (secondary N) is 1. The predicted molar refractivity (Wildman–Crippen MR) is 80.3 cm³/mol. The highest BCUT2D eigenvalue weighted by Crippen LogP contribution is 2.38. The van der Waals surface area contributed by atoms with Crippen molar-refractivity contribution in [3.05, 3.63) is 12.0 Å². The average molecular weight is 287 g/mol. The van der Waals surface area contributed by atoms with E-state index in [1.165, 1.54) is 25.7 Å². The third kappa shape index (κ3) is 2.18. The third-order valence-electron chi connectivity index (χ3n) is 4.94. The molecule has 0 radical (unpaired) electrons. The fraction of sp³-hybridized carbons (Fsp3) is 0.667. The molecule has 0 bridgehead atoms. The molecule has 0 aromatic carbocycles. The molecule has 2 aromatic heterocycles. The van der Waals surface area contributed by atoms with Gasteiger partial charge in [-0.2, -0.15) is 4.98 Å². The molecule has 6 heteroatoms. The van der Waals surface area contributed by atoms with E-state index in [4.69, 9.17) is 4.52 Å². The van der Waals surface area contributed by atoms with Gasteiger partial charge in [0, 0.05) is 25.0 Å². The van der Waals surface area contributed by atoms with Crippen LogP contribution >= 0.6 is 0 Å². The van der Waals surface area contributed by atoms with E-state index in [9.17, 15) is 0 Å². The Morgan fingerprint density at radius 3 is 3.05 bits per heavy atom. The number of nitrogens with zero attached hydrogens (tertiary/aromatic N) is 4. The lowest BCUT2D eigenvalue weighted by Gasteiger charge is -2.45. The second-order valence-corrected chi connectivity index (χ2v) is 6.45. The molecular formula is C15H21N5O. The monoisotopic (exact) mass is 287 g/mol. The molecule has 6 nitrogen and oxygen atoms in total. The van der Waals surface area contributed by atoms with Crippen molar-refractivity contribution in [2.75, 3.05) is 31.1 Å². The Labute approximate surface area is 123 Å². The molecule has 1 spiro atoms. The van der Waals surface area contributed by atoms with Gasteiger partial charge in [-0.15, -0.1) is 0 Å². The minimum absolute atomic E-state index is 0.402. The molecule has 1 N–H and O–H groups in total. The quantitative estimate of drug-likeness (QED) is 0.864.